The Balaban J connectivity index is 1.60. The van der Waals surface area contributed by atoms with Gasteiger partial charge in [-0.25, -0.2) is 0 Å². The molecular formula is C17H19N5OS. The maximum atomic E-state index is 5.51. The van der Waals surface area contributed by atoms with Crippen LogP contribution in [0, 0.1) is 0 Å². The van der Waals surface area contributed by atoms with Crippen molar-refractivity contribution in [2.24, 2.45) is 0 Å². The minimum absolute atomic E-state index is 0.0987. The minimum Gasteiger partial charge on any atom is -0.337 e. The average molecular weight is 341 g/mol. The van der Waals surface area contributed by atoms with Crippen molar-refractivity contribution in [3.63, 3.8) is 0 Å². The van der Waals surface area contributed by atoms with Crippen LogP contribution in [0.15, 0.2) is 34.9 Å². The van der Waals surface area contributed by atoms with Gasteiger partial charge in [-0.05, 0) is 12.8 Å². The van der Waals surface area contributed by atoms with E-state index in [1.807, 2.05) is 18.2 Å². The van der Waals surface area contributed by atoms with Crippen molar-refractivity contribution in [2.75, 3.05) is 11.4 Å². The monoisotopic (exact) mass is 341 g/mol. The van der Waals surface area contributed by atoms with Gasteiger partial charge in [0.2, 0.25) is 11.0 Å². The fourth-order valence-electron chi connectivity index (χ4n) is 2.90. The molecule has 3 aromatic rings. The molecule has 4 rings (SSSR count). The predicted octanol–water partition coefficient (Wildman–Crippen LogP) is 4.05. The van der Waals surface area contributed by atoms with Crippen molar-refractivity contribution in [3.05, 3.63) is 42.0 Å². The maximum absolute atomic E-state index is 5.51. The van der Waals surface area contributed by atoms with E-state index in [1.54, 1.807) is 11.3 Å². The average Bonchev–Trinajstić information content (AvgIpc) is 3.33. The molecule has 1 saturated heterocycles. The van der Waals surface area contributed by atoms with Gasteiger partial charge in [0.25, 0.3) is 0 Å². The summed E-state index contributed by atoms with van der Waals surface area (Å²) in [6, 6.07) is 10.2. The molecule has 1 fully saturated rings. The first kappa shape index (κ1) is 15.3. The first-order valence-corrected chi connectivity index (χ1v) is 9.03. The Kier molecular flexibility index (Phi) is 4.02. The van der Waals surface area contributed by atoms with Gasteiger partial charge in [0.05, 0.1) is 0 Å². The highest BCUT2D eigenvalue weighted by Gasteiger charge is 2.33. The fraction of sp³-hybridized carbons (Fsp3) is 0.412. The third-order valence-electron chi connectivity index (χ3n) is 4.19. The van der Waals surface area contributed by atoms with Crippen LogP contribution in [0.2, 0.25) is 0 Å². The van der Waals surface area contributed by atoms with Crippen LogP contribution in [-0.2, 0) is 0 Å². The maximum Gasteiger partial charge on any atom is 0.249 e. The Morgan fingerprint density at radius 2 is 2.04 bits per heavy atom. The fourth-order valence-corrected chi connectivity index (χ4v) is 3.82. The summed E-state index contributed by atoms with van der Waals surface area (Å²) < 4.78 is 5.51. The first-order valence-electron chi connectivity index (χ1n) is 8.21. The van der Waals surface area contributed by atoms with Crippen molar-refractivity contribution in [2.45, 2.75) is 38.6 Å². The van der Waals surface area contributed by atoms with E-state index < -0.39 is 0 Å². The molecule has 2 aromatic heterocycles. The third-order valence-corrected chi connectivity index (χ3v) is 5.20. The summed E-state index contributed by atoms with van der Waals surface area (Å²) in [6.07, 6.45) is 2.09. The third kappa shape index (κ3) is 2.80. The highest BCUT2D eigenvalue weighted by atomic mass is 32.1. The SMILES string of the molecule is CC(C)c1noc([C@@H]2CCCN2c2nnc(-c3ccccc3)s2)n1. The Morgan fingerprint density at radius 1 is 1.21 bits per heavy atom. The molecule has 124 valence electrons. The molecule has 24 heavy (non-hydrogen) atoms. The highest BCUT2D eigenvalue weighted by Crippen LogP contribution is 2.38. The van der Waals surface area contributed by atoms with Crippen LogP contribution >= 0.6 is 11.3 Å². The lowest BCUT2D eigenvalue weighted by Gasteiger charge is -2.19. The Bertz CT molecular complexity index is 813. The van der Waals surface area contributed by atoms with Crippen molar-refractivity contribution >= 4 is 16.5 Å². The summed E-state index contributed by atoms with van der Waals surface area (Å²) in [7, 11) is 0. The molecule has 1 aromatic carbocycles. The molecule has 0 unspecified atom stereocenters. The molecule has 0 N–H and O–H groups in total. The number of aromatic nitrogens is 4. The van der Waals surface area contributed by atoms with Gasteiger partial charge in [0, 0.05) is 18.0 Å². The molecule has 0 radical (unpaired) electrons. The summed E-state index contributed by atoms with van der Waals surface area (Å²) in [6.45, 7) is 5.07. The predicted molar refractivity (Wildman–Crippen MR) is 93.1 cm³/mol. The molecule has 0 saturated carbocycles. The summed E-state index contributed by atoms with van der Waals surface area (Å²) in [5.41, 5.74) is 1.09. The first-order chi connectivity index (χ1) is 11.7. The van der Waals surface area contributed by atoms with E-state index in [2.05, 4.69) is 51.2 Å². The summed E-state index contributed by atoms with van der Waals surface area (Å²) in [5.74, 6) is 1.72. The summed E-state index contributed by atoms with van der Waals surface area (Å²) >= 11 is 1.61. The van der Waals surface area contributed by atoms with E-state index in [-0.39, 0.29) is 12.0 Å². The molecule has 1 aliphatic heterocycles. The van der Waals surface area contributed by atoms with Crippen molar-refractivity contribution < 1.29 is 4.52 Å². The molecule has 1 atom stereocenters. The number of benzene rings is 1. The number of anilines is 1. The topological polar surface area (TPSA) is 67.9 Å². The van der Waals surface area contributed by atoms with Crippen LogP contribution in [0.3, 0.4) is 0 Å². The molecule has 0 aliphatic carbocycles. The molecule has 1 aliphatic rings. The molecular weight excluding hydrogens is 322 g/mol. The Hall–Kier alpha value is -2.28. The lowest BCUT2D eigenvalue weighted by Crippen LogP contribution is -2.22. The van der Waals surface area contributed by atoms with E-state index in [4.69, 9.17) is 4.52 Å². The second kappa shape index (κ2) is 6.32. The molecule has 0 amide bonds. The molecule has 0 spiro atoms. The van der Waals surface area contributed by atoms with Gasteiger partial charge in [-0.3, -0.25) is 0 Å². The van der Waals surface area contributed by atoms with E-state index >= 15 is 0 Å². The van der Waals surface area contributed by atoms with Gasteiger partial charge in [-0.2, -0.15) is 4.98 Å². The normalized spacial score (nSPS) is 17.8. The lowest BCUT2D eigenvalue weighted by molar-refractivity contribution is 0.349. The number of hydrogen-bond acceptors (Lipinski definition) is 7. The van der Waals surface area contributed by atoms with Crippen LogP contribution in [-0.4, -0.2) is 26.9 Å². The van der Waals surface area contributed by atoms with Gasteiger partial charge in [0.1, 0.15) is 11.0 Å². The van der Waals surface area contributed by atoms with Gasteiger partial charge in [0.15, 0.2) is 5.82 Å². The molecule has 6 nitrogen and oxygen atoms in total. The standard InChI is InChI=1S/C17H19N5OS/c1-11(2)14-18-15(23-21-14)13-9-6-10-22(13)17-20-19-16(24-17)12-7-4-3-5-8-12/h3-5,7-8,11,13H,6,9-10H2,1-2H3/t13-/m0/s1. The zero-order valence-corrected chi connectivity index (χ0v) is 14.5. The van der Waals surface area contributed by atoms with E-state index in [1.165, 1.54) is 0 Å². The zero-order chi connectivity index (χ0) is 16.5. The van der Waals surface area contributed by atoms with Crippen molar-refractivity contribution in [3.8, 4) is 10.6 Å². The second-order valence-corrected chi connectivity index (χ2v) is 7.21. The van der Waals surface area contributed by atoms with Crippen LogP contribution in [0.25, 0.3) is 10.6 Å². The molecule has 3 heterocycles. The lowest BCUT2D eigenvalue weighted by atomic mass is 10.2. The summed E-state index contributed by atoms with van der Waals surface area (Å²) in [5, 5.41) is 14.7. The largest absolute Gasteiger partial charge is 0.337 e. The Morgan fingerprint density at radius 3 is 2.79 bits per heavy atom. The van der Waals surface area contributed by atoms with E-state index in [0.717, 1.165) is 40.9 Å². The number of rotatable bonds is 4. The van der Waals surface area contributed by atoms with Gasteiger partial charge in [-0.1, -0.05) is 60.7 Å². The van der Waals surface area contributed by atoms with Gasteiger partial charge in [-0.15, -0.1) is 10.2 Å². The molecule has 7 heteroatoms. The van der Waals surface area contributed by atoms with Gasteiger partial charge >= 0.3 is 0 Å². The Labute approximate surface area is 144 Å². The van der Waals surface area contributed by atoms with Crippen LogP contribution in [0.1, 0.15) is 50.4 Å². The molecule has 0 bridgehead atoms. The highest BCUT2D eigenvalue weighted by molar-refractivity contribution is 7.18. The van der Waals surface area contributed by atoms with Crippen molar-refractivity contribution in [1.82, 2.24) is 20.3 Å². The smallest absolute Gasteiger partial charge is 0.249 e. The number of nitrogens with zero attached hydrogens (tertiary/aromatic N) is 5. The van der Waals surface area contributed by atoms with E-state index in [0.29, 0.717) is 5.89 Å². The van der Waals surface area contributed by atoms with Crippen LogP contribution in [0.4, 0.5) is 5.13 Å². The minimum atomic E-state index is 0.0987. The van der Waals surface area contributed by atoms with Gasteiger partial charge < -0.3 is 9.42 Å². The zero-order valence-electron chi connectivity index (χ0n) is 13.7. The summed E-state index contributed by atoms with van der Waals surface area (Å²) in [4.78, 5) is 6.81. The van der Waals surface area contributed by atoms with Crippen molar-refractivity contribution in [1.29, 1.82) is 0 Å². The van der Waals surface area contributed by atoms with Crippen LogP contribution in [0.5, 0.6) is 0 Å². The quantitative estimate of drug-likeness (QED) is 0.713. The van der Waals surface area contributed by atoms with Crippen LogP contribution < -0.4 is 4.90 Å². The second-order valence-electron chi connectivity index (χ2n) is 6.25. The van der Waals surface area contributed by atoms with E-state index in [9.17, 15) is 0 Å². The number of hydrogen-bond donors (Lipinski definition) is 0.